The molecule has 1 aromatic heterocycles. The molecule has 1 atom stereocenters. The van der Waals surface area contributed by atoms with Crippen molar-refractivity contribution in [2.45, 2.75) is 25.9 Å². The number of hydrogen-bond acceptors (Lipinski definition) is 5. The van der Waals surface area contributed by atoms with E-state index in [0.717, 1.165) is 11.3 Å². The number of carboxylic acid groups (broad SMARTS) is 1. The van der Waals surface area contributed by atoms with Crippen molar-refractivity contribution in [2.75, 3.05) is 18.1 Å². The first-order valence-electron chi connectivity index (χ1n) is 6.44. The first-order chi connectivity index (χ1) is 9.37. The first kappa shape index (κ1) is 14.9. The summed E-state index contributed by atoms with van der Waals surface area (Å²) in [5, 5.41) is 9.01. The number of nitrogens with zero attached hydrogens (tertiary/aromatic N) is 2. The standard InChI is InChI=1S/C13H18N2O4S/c1-10-3-2-5-14-12(10)7-15(8-13(16)17)11-4-6-20(18,19)9-11/h2-3,5,11H,4,6-9H2,1H3,(H,16,17). The van der Waals surface area contributed by atoms with Gasteiger partial charge in [-0.1, -0.05) is 6.07 Å². The summed E-state index contributed by atoms with van der Waals surface area (Å²) in [5.74, 6) is -0.788. The number of hydrogen-bond donors (Lipinski definition) is 1. The number of sulfone groups is 1. The highest BCUT2D eigenvalue weighted by Gasteiger charge is 2.33. The maximum atomic E-state index is 11.6. The van der Waals surface area contributed by atoms with Crippen molar-refractivity contribution in [3.8, 4) is 0 Å². The smallest absolute Gasteiger partial charge is 0.317 e. The van der Waals surface area contributed by atoms with Gasteiger partial charge in [0, 0.05) is 18.8 Å². The molecule has 0 radical (unpaired) electrons. The molecule has 2 rings (SSSR count). The Balaban J connectivity index is 2.16. The highest BCUT2D eigenvalue weighted by molar-refractivity contribution is 7.91. The van der Waals surface area contributed by atoms with Gasteiger partial charge in [0.1, 0.15) is 0 Å². The molecule has 1 N–H and O–H groups in total. The number of pyridine rings is 1. The normalized spacial score (nSPS) is 21.2. The predicted octanol–water partition coefficient (Wildman–Crippen LogP) is 0.464. The minimum atomic E-state index is -3.03. The maximum Gasteiger partial charge on any atom is 0.317 e. The third kappa shape index (κ3) is 3.77. The van der Waals surface area contributed by atoms with E-state index < -0.39 is 15.8 Å². The van der Waals surface area contributed by atoms with Crippen LogP contribution < -0.4 is 0 Å². The van der Waals surface area contributed by atoms with Crippen molar-refractivity contribution in [3.63, 3.8) is 0 Å². The predicted molar refractivity (Wildman–Crippen MR) is 74.1 cm³/mol. The van der Waals surface area contributed by atoms with E-state index in [1.807, 2.05) is 19.1 Å². The molecule has 1 fully saturated rings. The van der Waals surface area contributed by atoms with Crippen LogP contribution in [0.25, 0.3) is 0 Å². The molecule has 0 amide bonds. The molecule has 0 spiro atoms. The number of aryl methyl sites for hydroxylation is 1. The second kappa shape index (κ2) is 5.88. The average Bonchev–Trinajstić information content (AvgIpc) is 2.71. The lowest BCUT2D eigenvalue weighted by Gasteiger charge is -2.26. The third-order valence-corrected chi connectivity index (χ3v) is 5.28. The lowest BCUT2D eigenvalue weighted by molar-refractivity contribution is -0.139. The molecule has 20 heavy (non-hydrogen) atoms. The van der Waals surface area contributed by atoms with E-state index >= 15 is 0 Å². The Labute approximate surface area is 118 Å². The van der Waals surface area contributed by atoms with E-state index in [-0.39, 0.29) is 24.1 Å². The molecule has 0 aromatic carbocycles. The Morgan fingerprint density at radius 1 is 1.55 bits per heavy atom. The Morgan fingerprint density at radius 2 is 2.30 bits per heavy atom. The van der Waals surface area contributed by atoms with Gasteiger partial charge in [-0.3, -0.25) is 14.7 Å². The van der Waals surface area contributed by atoms with Crippen molar-refractivity contribution in [2.24, 2.45) is 0 Å². The molecule has 0 aliphatic carbocycles. The van der Waals surface area contributed by atoms with Crippen LogP contribution in [-0.2, 0) is 21.2 Å². The van der Waals surface area contributed by atoms with Crippen LogP contribution in [0.4, 0.5) is 0 Å². The molecule has 1 saturated heterocycles. The van der Waals surface area contributed by atoms with Crippen molar-refractivity contribution >= 4 is 15.8 Å². The van der Waals surface area contributed by atoms with E-state index in [1.54, 1.807) is 11.1 Å². The van der Waals surface area contributed by atoms with Crippen molar-refractivity contribution in [1.82, 2.24) is 9.88 Å². The summed E-state index contributed by atoms with van der Waals surface area (Å²) >= 11 is 0. The monoisotopic (exact) mass is 298 g/mol. The summed E-state index contributed by atoms with van der Waals surface area (Å²) in [4.78, 5) is 16.9. The number of rotatable bonds is 5. The zero-order valence-electron chi connectivity index (χ0n) is 11.3. The maximum absolute atomic E-state index is 11.6. The van der Waals surface area contributed by atoms with Gasteiger partial charge in [0.2, 0.25) is 0 Å². The van der Waals surface area contributed by atoms with Crippen molar-refractivity contribution < 1.29 is 18.3 Å². The van der Waals surface area contributed by atoms with E-state index in [2.05, 4.69) is 4.98 Å². The molecular formula is C13H18N2O4S. The van der Waals surface area contributed by atoms with Crippen LogP contribution in [0.1, 0.15) is 17.7 Å². The van der Waals surface area contributed by atoms with Crippen LogP contribution in [0.5, 0.6) is 0 Å². The Bertz CT molecular complexity index is 600. The minimum Gasteiger partial charge on any atom is -0.480 e. The zero-order valence-corrected chi connectivity index (χ0v) is 12.1. The summed E-state index contributed by atoms with van der Waals surface area (Å²) < 4.78 is 23.1. The summed E-state index contributed by atoms with van der Waals surface area (Å²) in [7, 11) is -3.03. The highest BCUT2D eigenvalue weighted by Crippen LogP contribution is 2.20. The SMILES string of the molecule is Cc1cccnc1CN(CC(=O)O)C1CCS(=O)(=O)C1. The van der Waals surface area contributed by atoms with E-state index in [0.29, 0.717) is 13.0 Å². The number of aliphatic carboxylic acids is 1. The Hall–Kier alpha value is -1.47. The lowest BCUT2D eigenvalue weighted by atomic mass is 10.1. The quantitative estimate of drug-likeness (QED) is 0.850. The molecule has 0 saturated carbocycles. The molecule has 1 unspecified atom stereocenters. The molecule has 1 aliphatic heterocycles. The summed E-state index contributed by atoms with van der Waals surface area (Å²) in [5.41, 5.74) is 1.77. The Morgan fingerprint density at radius 3 is 2.85 bits per heavy atom. The molecule has 2 heterocycles. The van der Waals surface area contributed by atoms with E-state index in [4.69, 9.17) is 5.11 Å². The number of carboxylic acids is 1. The molecule has 7 heteroatoms. The fourth-order valence-electron chi connectivity index (χ4n) is 2.43. The summed E-state index contributed by atoms with van der Waals surface area (Å²) in [6.07, 6.45) is 2.15. The van der Waals surface area contributed by atoms with Crippen molar-refractivity contribution in [1.29, 1.82) is 0 Å². The molecule has 1 aromatic rings. The van der Waals surface area contributed by atoms with Gasteiger partial charge in [0.25, 0.3) is 0 Å². The lowest BCUT2D eigenvalue weighted by Crippen LogP contribution is -2.39. The molecule has 110 valence electrons. The number of aromatic nitrogens is 1. The van der Waals surface area contributed by atoms with Crippen LogP contribution in [-0.4, -0.2) is 53.5 Å². The second-order valence-corrected chi connectivity index (χ2v) is 7.35. The van der Waals surface area contributed by atoms with E-state index in [9.17, 15) is 13.2 Å². The van der Waals surface area contributed by atoms with Crippen LogP contribution in [0.2, 0.25) is 0 Å². The van der Waals surface area contributed by atoms with E-state index in [1.165, 1.54) is 0 Å². The summed E-state index contributed by atoms with van der Waals surface area (Å²) in [6.45, 7) is 2.10. The topological polar surface area (TPSA) is 87.6 Å². The van der Waals surface area contributed by atoms with Gasteiger partial charge in [-0.2, -0.15) is 0 Å². The van der Waals surface area contributed by atoms with Crippen LogP contribution in [0, 0.1) is 6.92 Å². The number of carbonyl (C=O) groups is 1. The van der Waals surface area contributed by atoms with Gasteiger partial charge in [-0.25, -0.2) is 8.42 Å². The second-order valence-electron chi connectivity index (χ2n) is 5.12. The fourth-order valence-corrected chi connectivity index (χ4v) is 4.19. The van der Waals surface area contributed by atoms with Crippen LogP contribution >= 0.6 is 0 Å². The van der Waals surface area contributed by atoms with Crippen LogP contribution in [0.3, 0.4) is 0 Å². The van der Waals surface area contributed by atoms with Crippen molar-refractivity contribution in [3.05, 3.63) is 29.6 Å². The van der Waals surface area contributed by atoms with Crippen LogP contribution in [0.15, 0.2) is 18.3 Å². The third-order valence-electron chi connectivity index (χ3n) is 3.53. The largest absolute Gasteiger partial charge is 0.480 e. The van der Waals surface area contributed by atoms with Gasteiger partial charge in [-0.15, -0.1) is 0 Å². The molecule has 0 bridgehead atoms. The van der Waals surface area contributed by atoms with Gasteiger partial charge < -0.3 is 5.11 Å². The minimum absolute atomic E-state index is 0.0339. The fraction of sp³-hybridized carbons (Fsp3) is 0.538. The highest BCUT2D eigenvalue weighted by atomic mass is 32.2. The van der Waals surface area contributed by atoms with Gasteiger partial charge in [0.15, 0.2) is 9.84 Å². The van der Waals surface area contributed by atoms with Gasteiger partial charge >= 0.3 is 5.97 Å². The Kier molecular flexibility index (Phi) is 4.39. The molecule has 6 nitrogen and oxygen atoms in total. The molecular weight excluding hydrogens is 280 g/mol. The summed E-state index contributed by atoms with van der Waals surface area (Å²) in [6, 6.07) is 3.49. The zero-order chi connectivity index (χ0) is 14.8. The van der Waals surface area contributed by atoms with Gasteiger partial charge in [0.05, 0.1) is 23.7 Å². The van der Waals surface area contributed by atoms with Gasteiger partial charge in [-0.05, 0) is 25.0 Å². The molecule has 1 aliphatic rings. The first-order valence-corrected chi connectivity index (χ1v) is 8.26. The average molecular weight is 298 g/mol.